The molecule has 1 amide bonds. The molecule has 3 aromatic heterocycles. The molecule has 1 atom stereocenters. The minimum absolute atomic E-state index is 0.136. The summed E-state index contributed by atoms with van der Waals surface area (Å²) in [7, 11) is 0. The minimum Gasteiger partial charge on any atom is -0.342 e. The monoisotopic (exact) mass is 324 g/mol. The first-order valence-electron chi connectivity index (χ1n) is 7.54. The fourth-order valence-corrected chi connectivity index (χ4v) is 3.58. The average Bonchev–Trinajstić information content (AvgIpc) is 3.29. The molecule has 3 aromatic rings. The highest BCUT2D eigenvalue weighted by Crippen LogP contribution is 2.29. The summed E-state index contributed by atoms with van der Waals surface area (Å²) >= 11 is 1.66. The van der Waals surface area contributed by atoms with Gasteiger partial charge in [-0.2, -0.15) is 11.3 Å². The molecule has 1 aliphatic heterocycles. The van der Waals surface area contributed by atoms with Gasteiger partial charge in [-0.1, -0.05) is 0 Å². The van der Waals surface area contributed by atoms with Crippen molar-refractivity contribution in [3.63, 3.8) is 0 Å². The summed E-state index contributed by atoms with van der Waals surface area (Å²) in [5, 5.41) is 4.14. The second-order valence-electron chi connectivity index (χ2n) is 5.72. The Bertz CT molecular complexity index is 797. The molecule has 5 nitrogen and oxygen atoms in total. The number of amides is 1. The summed E-state index contributed by atoms with van der Waals surface area (Å²) in [6, 6.07) is 5.96. The van der Waals surface area contributed by atoms with Crippen molar-refractivity contribution in [2.45, 2.75) is 18.9 Å². The first-order chi connectivity index (χ1) is 11.3. The number of imidazole rings is 1. The van der Waals surface area contributed by atoms with E-state index in [-0.39, 0.29) is 11.8 Å². The Labute approximate surface area is 138 Å². The van der Waals surface area contributed by atoms with Crippen molar-refractivity contribution in [2.24, 2.45) is 0 Å². The highest BCUT2D eigenvalue weighted by molar-refractivity contribution is 7.08. The maximum atomic E-state index is 12.3. The van der Waals surface area contributed by atoms with E-state index in [0.29, 0.717) is 19.5 Å². The van der Waals surface area contributed by atoms with Gasteiger partial charge in [-0.05, 0) is 29.1 Å². The van der Waals surface area contributed by atoms with Crippen molar-refractivity contribution in [1.29, 1.82) is 0 Å². The molecule has 0 saturated carbocycles. The Morgan fingerprint density at radius 1 is 1.30 bits per heavy atom. The maximum absolute atomic E-state index is 12.3. The van der Waals surface area contributed by atoms with E-state index < -0.39 is 0 Å². The molecule has 0 radical (unpaired) electrons. The van der Waals surface area contributed by atoms with E-state index in [2.05, 4.69) is 26.4 Å². The zero-order valence-electron chi connectivity index (χ0n) is 12.5. The summed E-state index contributed by atoms with van der Waals surface area (Å²) < 4.78 is 0. The molecular formula is C17H16N4OS. The van der Waals surface area contributed by atoms with Crippen LogP contribution in [0.5, 0.6) is 0 Å². The maximum Gasteiger partial charge on any atom is 0.223 e. The van der Waals surface area contributed by atoms with Crippen LogP contribution >= 0.6 is 11.3 Å². The Hall–Kier alpha value is -2.47. The quantitative estimate of drug-likeness (QED) is 0.802. The molecule has 23 heavy (non-hydrogen) atoms. The molecule has 1 N–H and O–H groups in total. The lowest BCUT2D eigenvalue weighted by Gasteiger charge is -2.16. The number of H-pyrrole nitrogens is 1. The van der Waals surface area contributed by atoms with Crippen molar-refractivity contribution in [2.75, 3.05) is 6.54 Å². The lowest BCUT2D eigenvalue weighted by molar-refractivity contribution is -0.128. The first-order valence-corrected chi connectivity index (χ1v) is 8.48. The molecule has 0 spiro atoms. The van der Waals surface area contributed by atoms with Gasteiger partial charge in [0.1, 0.15) is 5.82 Å². The van der Waals surface area contributed by atoms with E-state index >= 15 is 0 Å². The lowest BCUT2D eigenvalue weighted by Crippen LogP contribution is -2.24. The summed E-state index contributed by atoms with van der Waals surface area (Å²) in [4.78, 5) is 26.0. The number of carbonyl (C=O) groups excluding carboxylic acids is 1. The van der Waals surface area contributed by atoms with Gasteiger partial charge in [-0.3, -0.25) is 9.78 Å². The molecular weight excluding hydrogens is 308 g/mol. The van der Waals surface area contributed by atoms with E-state index in [1.54, 1.807) is 23.7 Å². The molecule has 0 bridgehead atoms. The smallest absolute Gasteiger partial charge is 0.223 e. The second kappa shape index (κ2) is 5.96. The number of rotatable bonds is 4. The predicted octanol–water partition coefficient (Wildman–Crippen LogP) is 3.05. The molecule has 1 fully saturated rings. The highest BCUT2D eigenvalue weighted by Gasteiger charge is 2.32. The zero-order chi connectivity index (χ0) is 15.6. The fourth-order valence-electron chi connectivity index (χ4n) is 2.93. The average molecular weight is 324 g/mol. The molecule has 0 aliphatic carbocycles. The van der Waals surface area contributed by atoms with Gasteiger partial charge in [0, 0.05) is 48.8 Å². The zero-order valence-corrected chi connectivity index (χ0v) is 13.3. The van der Waals surface area contributed by atoms with E-state index in [0.717, 1.165) is 22.6 Å². The van der Waals surface area contributed by atoms with E-state index in [1.807, 2.05) is 28.6 Å². The third-order valence-electron chi connectivity index (χ3n) is 4.15. The molecule has 4 heterocycles. The van der Waals surface area contributed by atoms with Crippen LogP contribution in [0.1, 0.15) is 23.7 Å². The van der Waals surface area contributed by atoms with Crippen LogP contribution in [0.25, 0.3) is 11.3 Å². The number of aromatic amines is 1. The lowest BCUT2D eigenvalue weighted by atomic mass is 10.1. The van der Waals surface area contributed by atoms with Gasteiger partial charge in [-0.25, -0.2) is 4.98 Å². The SMILES string of the molecule is O=C1C[C@H](c2ncc(-c3ccsc3)[nH]2)CN1Cc1ccncc1. The van der Waals surface area contributed by atoms with Crippen LogP contribution in [-0.2, 0) is 11.3 Å². The topological polar surface area (TPSA) is 61.9 Å². The standard InChI is InChI=1S/C17H16N4OS/c22-16-7-14(10-21(16)9-12-1-4-18-5-2-12)17-19-8-15(20-17)13-3-6-23-11-13/h1-6,8,11,14H,7,9-10H2,(H,19,20)/t14-/m0/s1. The van der Waals surface area contributed by atoms with E-state index in [1.165, 1.54) is 0 Å². The molecule has 4 rings (SSSR count). The van der Waals surface area contributed by atoms with Crippen LogP contribution in [0, 0.1) is 0 Å². The number of hydrogen-bond acceptors (Lipinski definition) is 4. The van der Waals surface area contributed by atoms with Gasteiger partial charge >= 0.3 is 0 Å². The summed E-state index contributed by atoms with van der Waals surface area (Å²) in [5.74, 6) is 1.22. The van der Waals surface area contributed by atoms with Crippen LogP contribution in [0.2, 0.25) is 0 Å². The van der Waals surface area contributed by atoms with E-state index in [9.17, 15) is 4.79 Å². The number of aromatic nitrogens is 3. The van der Waals surface area contributed by atoms with Crippen molar-refractivity contribution < 1.29 is 4.79 Å². The number of thiophene rings is 1. The summed E-state index contributed by atoms with van der Waals surface area (Å²) in [6.07, 6.45) is 5.88. The van der Waals surface area contributed by atoms with Crippen LogP contribution in [0.15, 0.2) is 47.5 Å². The number of likely N-dealkylation sites (tertiary alicyclic amines) is 1. The molecule has 0 aromatic carbocycles. The number of nitrogens with one attached hydrogen (secondary N) is 1. The van der Waals surface area contributed by atoms with Crippen LogP contribution in [-0.4, -0.2) is 32.3 Å². The molecule has 1 aliphatic rings. The Morgan fingerprint density at radius 2 is 2.17 bits per heavy atom. The Balaban J connectivity index is 1.48. The second-order valence-corrected chi connectivity index (χ2v) is 6.50. The third kappa shape index (κ3) is 2.90. The van der Waals surface area contributed by atoms with Crippen molar-refractivity contribution in [3.8, 4) is 11.3 Å². The van der Waals surface area contributed by atoms with Crippen molar-refractivity contribution in [3.05, 3.63) is 58.9 Å². The molecule has 6 heteroatoms. The number of carbonyl (C=O) groups is 1. The largest absolute Gasteiger partial charge is 0.342 e. The Morgan fingerprint density at radius 3 is 2.96 bits per heavy atom. The van der Waals surface area contributed by atoms with Crippen molar-refractivity contribution in [1.82, 2.24) is 19.9 Å². The van der Waals surface area contributed by atoms with Crippen molar-refractivity contribution >= 4 is 17.2 Å². The normalized spacial score (nSPS) is 17.8. The van der Waals surface area contributed by atoms with E-state index in [4.69, 9.17) is 0 Å². The molecule has 0 unspecified atom stereocenters. The number of nitrogens with zero attached hydrogens (tertiary/aromatic N) is 3. The Kier molecular flexibility index (Phi) is 3.67. The van der Waals surface area contributed by atoms with Gasteiger partial charge in [0.25, 0.3) is 0 Å². The number of hydrogen-bond donors (Lipinski definition) is 1. The predicted molar refractivity (Wildman–Crippen MR) is 88.9 cm³/mol. The van der Waals surface area contributed by atoms with Crippen LogP contribution < -0.4 is 0 Å². The van der Waals surface area contributed by atoms with Gasteiger partial charge in [-0.15, -0.1) is 0 Å². The molecule has 1 saturated heterocycles. The van der Waals surface area contributed by atoms with Crippen LogP contribution in [0.4, 0.5) is 0 Å². The van der Waals surface area contributed by atoms with Gasteiger partial charge in [0.15, 0.2) is 0 Å². The van der Waals surface area contributed by atoms with Crippen LogP contribution in [0.3, 0.4) is 0 Å². The van der Waals surface area contributed by atoms with Gasteiger partial charge in [0.05, 0.1) is 11.9 Å². The summed E-state index contributed by atoms with van der Waals surface area (Å²) in [5.41, 5.74) is 3.26. The fraction of sp³-hybridized carbons (Fsp3) is 0.235. The van der Waals surface area contributed by atoms with Gasteiger partial charge in [0.2, 0.25) is 5.91 Å². The van der Waals surface area contributed by atoms with Gasteiger partial charge < -0.3 is 9.88 Å². The number of pyridine rings is 1. The molecule has 116 valence electrons. The summed E-state index contributed by atoms with van der Waals surface area (Å²) in [6.45, 7) is 1.34. The minimum atomic E-state index is 0.136. The highest BCUT2D eigenvalue weighted by atomic mass is 32.1. The third-order valence-corrected chi connectivity index (χ3v) is 4.83. The first kappa shape index (κ1) is 14.1.